The van der Waals surface area contributed by atoms with Crippen molar-refractivity contribution in [1.29, 1.82) is 0 Å². The number of rotatable bonds is 6. The second kappa shape index (κ2) is 6.80. The van der Waals surface area contributed by atoms with E-state index >= 15 is 0 Å². The van der Waals surface area contributed by atoms with Crippen LogP contribution in [-0.4, -0.2) is 39.6 Å². The van der Waals surface area contributed by atoms with E-state index < -0.39 is 16.8 Å². The average Bonchev–Trinajstić information content (AvgIpc) is 2.34. The first-order chi connectivity index (χ1) is 8.47. The van der Waals surface area contributed by atoms with Crippen molar-refractivity contribution in [2.24, 2.45) is 0 Å². The number of benzene rings is 1. The van der Waals surface area contributed by atoms with Crippen LogP contribution < -0.4 is 5.32 Å². The number of aromatic carboxylic acids is 1. The highest BCUT2D eigenvalue weighted by Crippen LogP contribution is 2.27. The van der Waals surface area contributed by atoms with E-state index in [9.17, 15) is 14.1 Å². The van der Waals surface area contributed by atoms with E-state index in [0.717, 1.165) is 4.90 Å². The van der Waals surface area contributed by atoms with E-state index in [0.29, 0.717) is 12.2 Å². The topological polar surface area (TPSA) is 66.4 Å². The molecule has 0 saturated carbocycles. The zero-order chi connectivity index (χ0) is 13.7. The second-order valence-electron chi connectivity index (χ2n) is 3.88. The third kappa shape index (κ3) is 3.74. The molecule has 0 bridgehead atoms. The number of carbonyl (C=O) groups is 1. The van der Waals surface area contributed by atoms with Gasteiger partial charge in [-0.05, 0) is 25.3 Å². The van der Waals surface area contributed by atoms with Crippen LogP contribution >= 0.6 is 11.8 Å². The molecule has 2 unspecified atom stereocenters. The Hall–Kier alpha value is -1.01. The van der Waals surface area contributed by atoms with Crippen LogP contribution in [0.2, 0.25) is 0 Å². The molecule has 6 heteroatoms. The number of thioether (sulfide) groups is 1. The maximum atomic E-state index is 11.3. The fourth-order valence-electron chi connectivity index (χ4n) is 1.44. The van der Waals surface area contributed by atoms with Crippen LogP contribution in [0.15, 0.2) is 23.1 Å². The summed E-state index contributed by atoms with van der Waals surface area (Å²) >= 11 is 1.40. The Balaban J connectivity index is 2.95. The van der Waals surface area contributed by atoms with Crippen LogP contribution in [0.25, 0.3) is 0 Å². The fourth-order valence-corrected chi connectivity index (χ4v) is 2.37. The highest BCUT2D eigenvalue weighted by Gasteiger charge is 2.15. The highest BCUT2D eigenvalue weighted by molar-refractivity contribution is 7.98. The van der Waals surface area contributed by atoms with Crippen molar-refractivity contribution in [3.8, 4) is 0 Å². The van der Waals surface area contributed by atoms with Crippen molar-refractivity contribution < 1.29 is 14.1 Å². The largest absolute Gasteiger partial charge is 0.478 e. The van der Waals surface area contributed by atoms with Gasteiger partial charge in [0.15, 0.2) is 0 Å². The molecule has 0 aliphatic rings. The minimum Gasteiger partial charge on any atom is -0.478 e. The number of anilines is 1. The molecule has 100 valence electrons. The van der Waals surface area contributed by atoms with E-state index in [2.05, 4.69) is 5.32 Å². The Labute approximate surface area is 114 Å². The van der Waals surface area contributed by atoms with E-state index in [1.807, 2.05) is 19.2 Å². The molecule has 0 fully saturated rings. The summed E-state index contributed by atoms with van der Waals surface area (Å²) in [5.74, 6) is -0.951. The van der Waals surface area contributed by atoms with Gasteiger partial charge in [0.25, 0.3) is 0 Å². The molecule has 18 heavy (non-hydrogen) atoms. The minimum atomic E-state index is -0.951. The summed E-state index contributed by atoms with van der Waals surface area (Å²) in [6.45, 7) is 2.35. The first-order valence-corrected chi connectivity index (χ1v) is 8.28. The van der Waals surface area contributed by atoms with E-state index in [1.54, 1.807) is 18.4 Å². The molecule has 1 aromatic carbocycles. The molecule has 4 nitrogen and oxygen atoms in total. The van der Waals surface area contributed by atoms with Gasteiger partial charge in [0.2, 0.25) is 0 Å². The quantitative estimate of drug-likeness (QED) is 0.786. The van der Waals surface area contributed by atoms with Crippen LogP contribution in [0, 0.1) is 0 Å². The summed E-state index contributed by atoms with van der Waals surface area (Å²) in [6, 6.07) is 5.32. The van der Waals surface area contributed by atoms with Gasteiger partial charge >= 0.3 is 5.97 Å². The zero-order valence-electron chi connectivity index (χ0n) is 10.6. The van der Waals surface area contributed by atoms with E-state index in [-0.39, 0.29) is 10.8 Å². The Kier molecular flexibility index (Phi) is 5.68. The van der Waals surface area contributed by atoms with Gasteiger partial charge in [-0.1, -0.05) is 6.07 Å². The monoisotopic (exact) mass is 287 g/mol. The lowest BCUT2D eigenvalue weighted by molar-refractivity contribution is 0.0694. The summed E-state index contributed by atoms with van der Waals surface area (Å²) in [5.41, 5.74) is 0.853. The number of carboxylic acids is 1. The maximum absolute atomic E-state index is 11.3. The van der Waals surface area contributed by atoms with Gasteiger partial charge in [0, 0.05) is 39.4 Å². The zero-order valence-corrected chi connectivity index (χ0v) is 12.2. The molecule has 1 rings (SSSR count). The molecule has 0 saturated heterocycles. The maximum Gasteiger partial charge on any atom is 0.338 e. The molecule has 0 radical (unpaired) electrons. The third-order valence-corrected chi connectivity index (χ3v) is 4.69. The Morgan fingerprint density at radius 2 is 2.22 bits per heavy atom. The summed E-state index contributed by atoms with van der Waals surface area (Å²) < 4.78 is 11.3. The van der Waals surface area contributed by atoms with Gasteiger partial charge in [0.05, 0.1) is 5.56 Å². The molecule has 2 atom stereocenters. The van der Waals surface area contributed by atoms with Crippen LogP contribution in [-0.2, 0) is 10.8 Å². The lowest BCUT2D eigenvalue weighted by Gasteiger charge is -2.14. The summed E-state index contributed by atoms with van der Waals surface area (Å²) in [6.07, 6.45) is 3.48. The summed E-state index contributed by atoms with van der Waals surface area (Å²) in [7, 11) is -0.924. The number of hydrogen-bond acceptors (Lipinski definition) is 4. The van der Waals surface area contributed by atoms with Gasteiger partial charge < -0.3 is 10.4 Å². The Morgan fingerprint density at radius 1 is 1.56 bits per heavy atom. The normalized spacial score (nSPS) is 13.9. The molecule has 0 aromatic heterocycles. The van der Waals surface area contributed by atoms with Crippen molar-refractivity contribution in [2.45, 2.75) is 17.1 Å². The first-order valence-electron chi connectivity index (χ1n) is 5.43. The van der Waals surface area contributed by atoms with Gasteiger partial charge in [-0.15, -0.1) is 11.8 Å². The average molecular weight is 287 g/mol. The third-order valence-electron chi connectivity index (χ3n) is 2.61. The molecule has 1 aromatic rings. The van der Waals surface area contributed by atoms with Gasteiger partial charge in [-0.25, -0.2) is 4.79 Å². The predicted octanol–water partition coefficient (Wildman–Crippen LogP) is 2.29. The standard InChI is InChI=1S/C12H17NO3S2/c1-8(18(3)16)7-13-9-5-4-6-10(17-2)11(9)12(14)15/h4-6,8,13H,7H2,1-3H3,(H,14,15). The van der Waals surface area contributed by atoms with Crippen LogP contribution in [0.4, 0.5) is 5.69 Å². The highest BCUT2D eigenvalue weighted by atomic mass is 32.2. The lowest BCUT2D eigenvalue weighted by atomic mass is 10.1. The second-order valence-corrected chi connectivity index (χ2v) is 6.53. The molecule has 0 spiro atoms. The fraction of sp³-hybridized carbons (Fsp3) is 0.417. The summed E-state index contributed by atoms with van der Waals surface area (Å²) in [5, 5.41) is 12.3. The van der Waals surface area contributed by atoms with Crippen molar-refractivity contribution in [2.75, 3.05) is 24.4 Å². The molecule has 0 heterocycles. The van der Waals surface area contributed by atoms with Crippen molar-refractivity contribution >= 4 is 34.2 Å². The molecule has 0 aliphatic heterocycles. The smallest absolute Gasteiger partial charge is 0.338 e. The minimum absolute atomic E-state index is 0.0235. The lowest BCUT2D eigenvalue weighted by Crippen LogP contribution is -2.21. The molecule has 0 aliphatic carbocycles. The van der Waals surface area contributed by atoms with Crippen molar-refractivity contribution in [3.63, 3.8) is 0 Å². The van der Waals surface area contributed by atoms with E-state index in [1.165, 1.54) is 11.8 Å². The molecular weight excluding hydrogens is 270 g/mol. The number of nitrogens with one attached hydrogen (secondary N) is 1. The van der Waals surface area contributed by atoms with Crippen LogP contribution in [0.5, 0.6) is 0 Å². The Morgan fingerprint density at radius 3 is 2.72 bits per heavy atom. The van der Waals surface area contributed by atoms with E-state index in [4.69, 9.17) is 0 Å². The number of carboxylic acid groups (broad SMARTS) is 1. The number of hydrogen-bond donors (Lipinski definition) is 2. The molecular formula is C12H17NO3S2. The molecule has 2 N–H and O–H groups in total. The summed E-state index contributed by atoms with van der Waals surface area (Å²) in [4.78, 5) is 12.0. The molecule has 0 amide bonds. The predicted molar refractivity (Wildman–Crippen MR) is 77.2 cm³/mol. The van der Waals surface area contributed by atoms with Crippen LogP contribution in [0.3, 0.4) is 0 Å². The van der Waals surface area contributed by atoms with Gasteiger partial charge in [-0.3, -0.25) is 4.21 Å². The Bertz CT molecular complexity index is 463. The van der Waals surface area contributed by atoms with Crippen molar-refractivity contribution in [1.82, 2.24) is 0 Å². The van der Waals surface area contributed by atoms with Gasteiger partial charge in [0.1, 0.15) is 0 Å². The SMILES string of the molecule is CSc1cccc(NCC(C)S(C)=O)c1C(=O)O. The van der Waals surface area contributed by atoms with Crippen molar-refractivity contribution in [3.05, 3.63) is 23.8 Å². The van der Waals surface area contributed by atoms with Crippen LogP contribution in [0.1, 0.15) is 17.3 Å². The van der Waals surface area contributed by atoms with Gasteiger partial charge in [-0.2, -0.15) is 0 Å². The first kappa shape index (κ1) is 15.0.